The maximum absolute atomic E-state index is 11.2. The van der Waals surface area contributed by atoms with Crippen LogP contribution in [0.5, 0.6) is 0 Å². The fourth-order valence-electron chi connectivity index (χ4n) is 4.32. The van der Waals surface area contributed by atoms with Crippen molar-refractivity contribution in [1.82, 2.24) is 24.4 Å². The number of ether oxygens (including phenoxy) is 1. The largest absolute Gasteiger partial charge is 0.481 e. The lowest BCUT2D eigenvalue weighted by Gasteiger charge is -2.28. The summed E-state index contributed by atoms with van der Waals surface area (Å²) in [6.07, 6.45) is -3.82. The van der Waals surface area contributed by atoms with E-state index in [0.717, 1.165) is 16.0 Å². The molecule has 0 aliphatic carbocycles. The SMILES string of the molecule is CCN(C=O)C(O)C1OC(n2cnc3c(N)nc(NCCc4ccc(CCC(=O)O)cc4)nc32)C(O)C1O. The minimum atomic E-state index is -1.48. The third-order valence-electron chi connectivity index (χ3n) is 6.48. The summed E-state index contributed by atoms with van der Waals surface area (Å²) in [6, 6.07) is 7.67. The molecule has 0 bridgehead atoms. The number of likely N-dealkylation sites (N-methyl/N-ethyl adjacent to an activating group) is 1. The molecule has 0 saturated carbocycles. The van der Waals surface area contributed by atoms with Gasteiger partial charge in [-0.05, 0) is 30.9 Å². The quantitative estimate of drug-likeness (QED) is 0.130. The zero-order valence-electron chi connectivity index (χ0n) is 20.7. The number of aliphatic hydroxyl groups excluding tert-OH is 3. The number of aliphatic hydroxyl groups is 3. The van der Waals surface area contributed by atoms with Crippen LogP contribution in [-0.4, -0.2) is 94.9 Å². The number of anilines is 2. The molecule has 5 unspecified atom stereocenters. The molecule has 2 aromatic heterocycles. The van der Waals surface area contributed by atoms with Crippen molar-refractivity contribution in [3.63, 3.8) is 0 Å². The number of nitrogens with zero attached hydrogens (tertiary/aromatic N) is 5. The van der Waals surface area contributed by atoms with Crippen LogP contribution in [0.3, 0.4) is 0 Å². The van der Waals surface area contributed by atoms with Crippen molar-refractivity contribution in [2.75, 3.05) is 24.1 Å². The molecule has 4 rings (SSSR count). The van der Waals surface area contributed by atoms with E-state index in [-0.39, 0.29) is 35.9 Å². The average Bonchev–Trinajstić information content (AvgIpc) is 3.45. The Kier molecular flexibility index (Phi) is 8.36. The molecule has 3 aromatic rings. The molecule has 1 aromatic carbocycles. The maximum atomic E-state index is 11.2. The van der Waals surface area contributed by atoms with Gasteiger partial charge in [0, 0.05) is 19.5 Å². The van der Waals surface area contributed by atoms with Crippen molar-refractivity contribution in [1.29, 1.82) is 0 Å². The predicted octanol–water partition coefficient (Wildman–Crippen LogP) is -0.504. The lowest BCUT2D eigenvalue weighted by Crippen LogP contribution is -2.48. The van der Waals surface area contributed by atoms with E-state index < -0.39 is 36.7 Å². The normalized spacial score (nSPS) is 21.9. The van der Waals surface area contributed by atoms with Crippen molar-refractivity contribution in [3.05, 3.63) is 41.7 Å². The van der Waals surface area contributed by atoms with Gasteiger partial charge in [0.1, 0.15) is 23.8 Å². The van der Waals surface area contributed by atoms with Gasteiger partial charge in [-0.2, -0.15) is 9.97 Å². The van der Waals surface area contributed by atoms with E-state index in [4.69, 9.17) is 15.6 Å². The third kappa shape index (κ3) is 5.67. The molecule has 204 valence electrons. The first-order valence-electron chi connectivity index (χ1n) is 12.2. The second-order valence-corrected chi connectivity index (χ2v) is 8.97. The predicted molar refractivity (Wildman–Crippen MR) is 135 cm³/mol. The fourth-order valence-corrected chi connectivity index (χ4v) is 4.32. The number of aromatic nitrogens is 4. The highest BCUT2D eigenvalue weighted by atomic mass is 16.6. The standard InChI is InChI=1S/C24H31N7O7/c1-2-30(12-32)22(37)19-17(35)18(36)23(38-19)31-11-27-16-20(25)28-24(29-21(16)31)26-10-9-14-5-3-13(4-6-14)7-8-15(33)34/h3-6,11-12,17-19,22-23,35-37H,2,7-10H2,1H3,(H,33,34)(H3,25,26,28,29). The monoisotopic (exact) mass is 529 g/mol. The van der Waals surface area contributed by atoms with Gasteiger partial charge < -0.3 is 41.1 Å². The van der Waals surface area contributed by atoms with Crippen molar-refractivity contribution in [2.24, 2.45) is 0 Å². The molecule has 38 heavy (non-hydrogen) atoms. The number of rotatable bonds is 12. The van der Waals surface area contributed by atoms with Gasteiger partial charge in [0.25, 0.3) is 0 Å². The van der Waals surface area contributed by atoms with E-state index in [1.54, 1.807) is 6.92 Å². The number of nitrogen functional groups attached to an aromatic ring is 1. The van der Waals surface area contributed by atoms with Crippen LogP contribution in [0.15, 0.2) is 30.6 Å². The van der Waals surface area contributed by atoms with Crippen LogP contribution in [0.2, 0.25) is 0 Å². The zero-order valence-corrected chi connectivity index (χ0v) is 20.7. The Bertz CT molecular complexity index is 1270. The first kappa shape index (κ1) is 27.2. The molecule has 7 N–H and O–H groups in total. The number of aliphatic carboxylic acids is 1. The highest BCUT2D eigenvalue weighted by molar-refractivity contribution is 5.83. The highest BCUT2D eigenvalue weighted by Crippen LogP contribution is 2.34. The number of hydrogen-bond donors (Lipinski definition) is 6. The number of nitrogens with one attached hydrogen (secondary N) is 1. The van der Waals surface area contributed by atoms with Crippen LogP contribution in [0.1, 0.15) is 30.7 Å². The second kappa shape index (κ2) is 11.7. The number of carbonyl (C=O) groups is 2. The van der Waals surface area contributed by atoms with Gasteiger partial charge in [-0.25, -0.2) is 4.98 Å². The van der Waals surface area contributed by atoms with Crippen LogP contribution in [-0.2, 0) is 27.2 Å². The maximum Gasteiger partial charge on any atom is 0.303 e. The minimum absolute atomic E-state index is 0.0811. The molecule has 14 heteroatoms. The summed E-state index contributed by atoms with van der Waals surface area (Å²) in [5.41, 5.74) is 8.58. The number of nitrogens with two attached hydrogens (primary N) is 1. The Labute approximate surface area is 217 Å². The number of amides is 1. The third-order valence-corrected chi connectivity index (χ3v) is 6.48. The Hall–Kier alpha value is -3.85. The first-order valence-corrected chi connectivity index (χ1v) is 12.2. The van der Waals surface area contributed by atoms with E-state index in [2.05, 4.69) is 20.3 Å². The summed E-state index contributed by atoms with van der Waals surface area (Å²) >= 11 is 0. The molecule has 3 heterocycles. The summed E-state index contributed by atoms with van der Waals surface area (Å²) in [6.45, 7) is 2.31. The van der Waals surface area contributed by atoms with Gasteiger partial charge in [0.2, 0.25) is 12.4 Å². The lowest BCUT2D eigenvalue weighted by atomic mass is 10.1. The minimum Gasteiger partial charge on any atom is -0.481 e. The number of carbonyl (C=O) groups excluding carboxylic acids is 1. The first-order chi connectivity index (χ1) is 18.2. The molecule has 1 aliphatic heterocycles. The molecule has 14 nitrogen and oxygen atoms in total. The molecule has 1 fully saturated rings. The number of imidazole rings is 1. The van der Waals surface area contributed by atoms with Crippen molar-refractivity contribution >= 4 is 35.3 Å². The number of benzene rings is 1. The number of aryl methyl sites for hydroxylation is 1. The molecule has 1 aliphatic rings. The van der Waals surface area contributed by atoms with Crippen LogP contribution in [0.4, 0.5) is 11.8 Å². The van der Waals surface area contributed by atoms with E-state index in [1.807, 2.05) is 24.3 Å². The van der Waals surface area contributed by atoms with Crippen molar-refractivity contribution < 1.29 is 34.8 Å². The zero-order chi connectivity index (χ0) is 27.4. The number of hydrogen-bond acceptors (Lipinski definition) is 11. The van der Waals surface area contributed by atoms with Gasteiger partial charge >= 0.3 is 5.97 Å². The van der Waals surface area contributed by atoms with E-state index in [1.165, 1.54) is 10.9 Å². The van der Waals surface area contributed by atoms with Gasteiger partial charge in [0.05, 0.1) is 6.33 Å². The Balaban J connectivity index is 1.46. The summed E-state index contributed by atoms with van der Waals surface area (Å²) in [7, 11) is 0. The molecule has 1 saturated heterocycles. The average molecular weight is 530 g/mol. The van der Waals surface area contributed by atoms with Gasteiger partial charge in [-0.3, -0.25) is 14.2 Å². The van der Waals surface area contributed by atoms with E-state index in [0.29, 0.717) is 25.8 Å². The molecule has 0 radical (unpaired) electrons. The van der Waals surface area contributed by atoms with Gasteiger partial charge in [-0.15, -0.1) is 0 Å². The molecule has 5 atom stereocenters. The van der Waals surface area contributed by atoms with Crippen molar-refractivity contribution in [3.8, 4) is 0 Å². The summed E-state index contributed by atoms with van der Waals surface area (Å²) in [5, 5.41) is 43.5. The molecule has 1 amide bonds. The van der Waals surface area contributed by atoms with E-state index >= 15 is 0 Å². The van der Waals surface area contributed by atoms with Gasteiger partial charge in [-0.1, -0.05) is 24.3 Å². The number of carboxylic acid groups (broad SMARTS) is 1. The molecule has 0 spiro atoms. The molecular weight excluding hydrogens is 498 g/mol. The summed E-state index contributed by atoms with van der Waals surface area (Å²) in [5.74, 6) is -0.515. The summed E-state index contributed by atoms with van der Waals surface area (Å²) in [4.78, 5) is 35.9. The van der Waals surface area contributed by atoms with E-state index in [9.17, 15) is 24.9 Å². The summed E-state index contributed by atoms with van der Waals surface area (Å²) < 4.78 is 7.16. The van der Waals surface area contributed by atoms with Crippen LogP contribution in [0, 0.1) is 0 Å². The Morgan fingerprint density at radius 1 is 1.21 bits per heavy atom. The number of carboxylic acids is 1. The highest BCUT2D eigenvalue weighted by Gasteiger charge is 2.48. The van der Waals surface area contributed by atoms with Gasteiger partial charge in [0.15, 0.2) is 23.9 Å². The molecular formula is C24H31N7O7. The lowest BCUT2D eigenvalue weighted by molar-refractivity contribution is -0.152. The fraction of sp³-hybridized carbons (Fsp3) is 0.458. The Morgan fingerprint density at radius 2 is 1.89 bits per heavy atom. The van der Waals surface area contributed by atoms with Crippen LogP contribution >= 0.6 is 0 Å². The van der Waals surface area contributed by atoms with Crippen molar-refractivity contribution in [2.45, 2.75) is 57.0 Å². The van der Waals surface area contributed by atoms with Crippen LogP contribution in [0.25, 0.3) is 11.2 Å². The van der Waals surface area contributed by atoms with Crippen LogP contribution < -0.4 is 11.1 Å². The smallest absolute Gasteiger partial charge is 0.303 e. The second-order valence-electron chi connectivity index (χ2n) is 8.97. The topological polar surface area (TPSA) is 209 Å². The number of fused-ring (bicyclic) bond motifs is 1. The Morgan fingerprint density at radius 3 is 2.53 bits per heavy atom.